The predicted octanol–water partition coefficient (Wildman–Crippen LogP) is 5.18. The first-order chi connectivity index (χ1) is 21.4. The monoisotopic (exact) mass is 600 g/mol. The Labute approximate surface area is 257 Å². The lowest BCUT2D eigenvalue weighted by atomic mass is 10.1. The molecule has 0 aromatic heterocycles. The molecule has 0 aliphatic carbocycles. The standard InChI is InChI=1S/C34H36N2O8/c1-3-5-15-39-27-11-7-23(8-12-27)17-25(19-35)33(37)43-29-21-41-32-30(22-42-31(29)32)44-34(38)26(20-36)18-24-9-13-28(14-10-24)40-16-6-4-2/h7-14,17-18,29-32H,3-6,15-16,21-22H2,1-2H3/b25-17+,26-18+/t29-,30+,31?,32?. The summed E-state index contributed by atoms with van der Waals surface area (Å²) in [5.74, 6) is -0.214. The minimum Gasteiger partial charge on any atom is -0.494 e. The summed E-state index contributed by atoms with van der Waals surface area (Å²) in [4.78, 5) is 25.7. The predicted molar refractivity (Wildman–Crippen MR) is 160 cm³/mol. The number of hydrogen-bond donors (Lipinski definition) is 0. The van der Waals surface area contributed by atoms with Crippen molar-refractivity contribution in [2.24, 2.45) is 0 Å². The SMILES string of the molecule is CCCCOc1ccc(/C=C(\C#N)C(=O)O[C@H]2COC3C2OC[C@H]3OC(=O)/C(C#N)=C/c2ccc(OCCCC)cc2)cc1. The number of rotatable bonds is 14. The van der Waals surface area contributed by atoms with Gasteiger partial charge in [-0.05, 0) is 60.4 Å². The number of nitriles is 2. The molecule has 10 heteroatoms. The van der Waals surface area contributed by atoms with Crippen LogP contribution in [0.4, 0.5) is 0 Å². The number of fused-ring (bicyclic) bond motifs is 1. The topological polar surface area (TPSA) is 137 Å². The van der Waals surface area contributed by atoms with Crippen molar-refractivity contribution < 1.29 is 38.0 Å². The Morgan fingerprint density at radius 3 is 1.45 bits per heavy atom. The molecular formula is C34H36N2O8. The second-order valence-corrected chi connectivity index (χ2v) is 10.4. The van der Waals surface area contributed by atoms with E-state index in [-0.39, 0.29) is 24.4 Å². The zero-order valence-electron chi connectivity index (χ0n) is 24.9. The van der Waals surface area contributed by atoms with E-state index in [1.807, 2.05) is 12.1 Å². The number of nitrogens with zero attached hydrogens (tertiary/aromatic N) is 2. The van der Waals surface area contributed by atoms with E-state index in [0.29, 0.717) is 35.8 Å². The van der Waals surface area contributed by atoms with Gasteiger partial charge in [-0.2, -0.15) is 10.5 Å². The maximum absolute atomic E-state index is 12.8. The highest BCUT2D eigenvalue weighted by Gasteiger charge is 2.51. The van der Waals surface area contributed by atoms with Gasteiger partial charge in [0.1, 0.15) is 47.0 Å². The minimum absolute atomic E-state index is 0.00521. The molecule has 4 atom stereocenters. The molecule has 2 heterocycles. The van der Waals surface area contributed by atoms with Gasteiger partial charge in [0.05, 0.1) is 26.4 Å². The van der Waals surface area contributed by atoms with Crippen molar-refractivity contribution in [1.82, 2.24) is 0 Å². The van der Waals surface area contributed by atoms with E-state index in [2.05, 4.69) is 13.8 Å². The summed E-state index contributed by atoms with van der Waals surface area (Å²) in [5, 5.41) is 19.2. The molecule has 10 nitrogen and oxygen atoms in total. The van der Waals surface area contributed by atoms with Crippen LogP contribution in [0.2, 0.25) is 0 Å². The van der Waals surface area contributed by atoms with E-state index in [0.717, 1.165) is 25.7 Å². The summed E-state index contributed by atoms with van der Waals surface area (Å²) in [6, 6.07) is 17.9. The van der Waals surface area contributed by atoms with Crippen LogP contribution in [0.5, 0.6) is 11.5 Å². The van der Waals surface area contributed by atoms with Gasteiger partial charge in [-0.25, -0.2) is 9.59 Å². The van der Waals surface area contributed by atoms with Crippen LogP contribution in [-0.2, 0) is 28.5 Å². The molecule has 230 valence electrons. The lowest BCUT2D eigenvalue weighted by Crippen LogP contribution is -2.36. The highest BCUT2D eigenvalue weighted by Crippen LogP contribution is 2.31. The number of carbonyl (C=O) groups excluding carboxylic acids is 2. The van der Waals surface area contributed by atoms with E-state index >= 15 is 0 Å². The molecule has 0 amide bonds. The fourth-order valence-corrected chi connectivity index (χ4v) is 4.63. The second-order valence-electron chi connectivity index (χ2n) is 10.4. The van der Waals surface area contributed by atoms with Crippen LogP contribution in [0, 0.1) is 22.7 Å². The summed E-state index contributed by atoms with van der Waals surface area (Å²) in [7, 11) is 0. The molecule has 2 saturated heterocycles. The number of ether oxygens (including phenoxy) is 6. The molecule has 2 aromatic carbocycles. The molecule has 2 aliphatic rings. The van der Waals surface area contributed by atoms with Gasteiger partial charge in [0, 0.05) is 0 Å². The molecule has 0 N–H and O–H groups in total. The van der Waals surface area contributed by atoms with Gasteiger partial charge < -0.3 is 28.4 Å². The third-order valence-corrected chi connectivity index (χ3v) is 7.08. The molecule has 2 aromatic rings. The lowest BCUT2D eigenvalue weighted by molar-refractivity contribution is -0.149. The summed E-state index contributed by atoms with van der Waals surface area (Å²) in [6.45, 7) is 5.42. The maximum atomic E-state index is 12.8. The van der Waals surface area contributed by atoms with Crippen LogP contribution in [0.3, 0.4) is 0 Å². The molecule has 2 unspecified atom stereocenters. The van der Waals surface area contributed by atoms with Crippen LogP contribution in [0.15, 0.2) is 59.7 Å². The zero-order valence-corrected chi connectivity index (χ0v) is 24.9. The fraction of sp³-hybridized carbons (Fsp3) is 0.412. The van der Waals surface area contributed by atoms with E-state index in [9.17, 15) is 20.1 Å². The first kappa shape index (κ1) is 32.3. The average Bonchev–Trinajstić information content (AvgIpc) is 3.63. The number of unbranched alkanes of at least 4 members (excludes halogenated alkanes) is 2. The number of esters is 2. The average molecular weight is 601 g/mol. The molecule has 4 rings (SSSR count). The normalized spacial score (nSPS) is 21.1. The molecule has 2 fully saturated rings. The van der Waals surface area contributed by atoms with Crippen LogP contribution in [0.1, 0.15) is 50.7 Å². The van der Waals surface area contributed by atoms with Crippen molar-refractivity contribution in [2.45, 2.75) is 63.9 Å². The Bertz CT molecular complexity index is 1310. The molecule has 0 saturated carbocycles. The molecule has 0 bridgehead atoms. The third kappa shape index (κ3) is 8.70. The molecule has 2 aliphatic heterocycles. The van der Waals surface area contributed by atoms with Crippen molar-refractivity contribution in [3.8, 4) is 23.6 Å². The fourth-order valence-electron chi connectivity index (χ4n) is 4.63. The summed E-state index contributed by atoms with van der Waals surface area (Å²) >= 11 is 0. The summed E-state index contributed by atoms with van der Waals surface area (Å²) < 4.78 is 33.9. The van der Waals surface area contributed by atoms with Crippen LogP contribution in [-0.4, -0.2) is 62.8 Å². The Balaban J connectivity index is 1.31. The molecular weight excluding hydrogens is 564 g/mol. The molecule has 0 spiro atoms. The van der Waals surface area contributed by atoms with E-state index < -0.39 is 36.4 Å². The van der Waals surface area contributed by atoms with Crippen molar-refractivity contribution in [1.29, 1.82) is 10.5 Å². The zero-order chi connectivity index (χ0) is 31.3. The van der Waals surface area contributed by atoms with E-state index in [1.165, 1.54) is 12.2 Å². The van der Waals surface area contributed by atoms with E-state index in [4.69, 9.17) is 28.4 Å². The first-order valence-corrected chi connectivity index (χ1v) is 14.8. The van der Waals surface area contributed by atoms with Crippen LogP contribution < -0.4 is 9.47 Å². The van der Waals surface area contributed by atoms with Gasteiger partial charge in [0.2, 0.25) is 0 Å². The van der Waals surface area contributed by atoms with Crippen molar-refractivity contribution >= 4 is 24.1 Å². The molecule has 0 radical (unpaired) electrons. The first-order valence-electron chi connectivity index (χ1n) is 14.8. The number of carbonyl (C=O) groups is 2. The number of benzene rings is 2. The Hall–Kier alpha value is -4.64. The highest BCUT2D eigenvalue weighted by molar-refractivity contribution is 5.98. The number of hydrogen-bond acceptors (Lipinski definition) is 10. The Kier molecular flexibility index (Phi) is 11.9. The van der Waals surface area contributed by atoms with Crippen molar-refractivity contribution in [2.75, 3.05) is 26.4 Å². The van der Waals surface area contributed by atoms with Gasteiger partial charge in [-0.15, -0.1) is 0 Å². The minimum atomic E-state index is -0.814. The van der Waals surface area contributed by atoms with Crippen LogP contribution in [0.25, 0.3) is 12.2 Å². The van der Waals surface area contributed by atoms with Crippen molar-refractivity contribution in [3.63, 3.8) is 0 Å². The van der Waals surface area contributed by atoms with Gasteiger partial charge in [-0.3, -0.25) is 0 Å². The van der Waals surface area contributed by atoms with E-state index in [1.54, 1.807) is 48.5 Å². The second kappa shape index (κ2) is 16.3. The van der Waals surface area contributed by atoms with Gasteiger partial charge in [0.25, 0.3) is 0 Å². The summed E-state index contributed by atoms with van der Waals surface area (Å²) in [5.41, 5.74) is 0.920. The third-order valence-electron chi connectivity index (χ3n) is 7.08. The maximum Gasteiger partial charge on any atom is 0.349 e. The Morgan fingerprint density at radius 1 is 0.727 bits per heavy atom. The van der Waals surface area contributed by atoms with Gasteiger partial charge in [-0.1, -0.05) is 51.0 Å². The highest BCUT2D eigenvalue weighted by atomic mass is 16.7. The quantitative estimate of drug-likeness (QED) is 0.123. The van der Waals surface area contributed by atoms with Gasteiger partial charge in [0.15, 0.2) is 12.2 Å². The van der Waals surface area contributed by atoms with Crippen LogP contribution >= 0.6 is 0 Å². The molecule has 44 heavy (non-hydrogen) atoms. The largest absolute Gasteiger partial charge is 0.494 e. The Morgan fingerprint density at radius 2 is 1.11 bits per heavy atom. The lowest BCUT2D eigenvalue weighted by Gasteiger charge is -2.17. The van der Waals surface area contributed by atoms with Gasteiger partial charge >= 0.3 is 11.9 Å². The smallest absolute Gasteiger partial charge is 0.349 e. The summed E-state index contributed by atoms with van der Waals surface area (Å²) in [6.07, 6.45) is 3.87. The van der Waals surface area contributed by atoms with Crippen molar-refractivity contribution in [3.05, 3.63) is 70.8 Å².